The fourth-order valence-corrected chi connectivity index (χ4v) is 2.92. The van der Waals surface area contributed by atoms with Gasteiger partial charge in [0.05, 0.1) is 16.9 Å². The van der Waals surface area contributed by atoms with Crippen LogP contribution in [0.1, 0.15) is 36.5 Å². The van der Waals surface area contributed by atoms with Crippen molar-refractivity contribution in [3.63, 3.8) is 0 Å². The summed E-state index contributed by atoms with van der Waals surface area (Å²) in [4.78, 5) is 28.5. The zero-order valence-electron chi connectivity index (χ0n) is 15.4. The first kappa shape index (κ1) is 18.5. The lowest BCUT2D eigenvalue weighted by molar-refractivity contribution is -0.140. The molecule has 27 heavy (non-hydrogen) atoms. The molecule has 3 aromatic rings. The minimum Gasteiger partial charge on any atom is -0.480 e. The van der Waals surface area contributed by atoms with Crippen LogP contribution in [0.15, 0.2) is 36.5 Å². The van der Waals surface area contributed by atoms with Crippen LogP contribution < -0.4 is 5.32 Å². The third kappa shape index (κ3) is 3.51. The lowest BCUT2D eigenvalue weighted by atomic mass is 9.99. The smallest absolute Gasteiger partial charge is 0.326 e. The molecule has 2 heterocycles. The van der Waals surface area contributed by atoms with Crippen LogP contribution in [0.4, 0.5) is 0 Å². The van der Waals surface area contributed by atoms with E-state index in [1.807, 2.05) is 37.3 Å². The number of nitrogens with one attached hydrogen (secondary N) is 1. The first-order valence-corrected chi connectivity index (χ1v) is 8.74. The highest BCUT2D eigenvalue weighted by atomic mass is 16.4. The first-order valence-electron chi connectivity index (χ1n) is 8.74. The second-order valence-electron chi connectivity index (χ2n) is 6.46. The van der Waals surface area contributed by atoms with Crippen molar-refractivity contribution in [1.82, 2.24) is 25.3 Å². The minimum absolute atomic E-state index is 0.0949. The van der Waals surface area contributed by atoms with E-state index in [0.717, 1.165) is 10.9 Å². The Hall–Kier alpha value is -3.29. The molecule has 0 radical (unpaired) electrons. The van der Waals surface area contributed by atoms with E-state index in [0.29, 0.717) is 17.8 Å². The normalized spacial score (nSPS) is 13.3. The Kier molecular flexibility index (Phi) is 5.16. The van der Waals surface area contributed by atoms with E-state index in [2.05, 4.69) is 20.6 Å². The molecule has 2 N–H and O–H groups in total. The summed E-state index contributed by atoms with van der Waals surface area (Å²) in [7, 11) is 0. The fourth-order valence-electron chi connectivity index (χ4n) is 2.92. The Morgan fingerprint density at radius 2 is 2.00 bits per heavy atom. The van der Waals surface area contributed by atoms with Crippen LogP contribution in [-0.2, 0) is 4.79 Å². The highest BCUT2D eigenvalue weighted by molar-refractivity contribution is 5.96. The molecule has 0 unspecified atom stereocenters. The Balaban J connectivity index is 1.95. The average molecular weight is 367 g/mol. The molecule has 0 aliphatic carbocycles. The summed E-state index contributed by atoms with van der Waals surface area (Å²) < 4.78 is 1.54. The van der Waals surface area contributed by atoms with Gasteiger partial charge in [-0.1, -0.05) is 43.7 Å². The van der Waals surface area contributed by atoms with Crippen LogP contribution in [-0.4, -0.2) is 43.0 Å². The number of rotatable bonds is 6. The van der Waals surface area contributed by atoms with E-state index < -0.39 is 17.9 Å². The number of benzene rings is 1. The van der Waals surface area contributed by atoms with Crippen LogP contribution in [0, 0.1) is 12.8 Å². The molecule has 0 fully saturated rings. The van der Waals surface area contributed by atoms with Gasteiger partial charge < -0.3 is 10.4 Å². The predicted octanol–water partition coefficient (Wildman–Crippen LogP) is 2.35. The zero-order valence-corrected chi connectivity index (χ0v) is 15.4. The van der Waals surface area contributed by atoms with Gasteiger partial charge in [0.15, 0.2) is 5.69 Å². The number of aromatic nitrogens is 4. The summed E-state index contributed by atoms with van der Waals surface area (Å²) in [5, 5.41) is 20.9. The average Bonchev–Trinajstić information content (AvgIpc) is 3.06. The number of hydrogen-bond acceptors (Lipinski definition) is 5. The molecule has 0 aliphatic rings. The molecular formula is C19H21N5O3. The van der Waals surface area contributed by atoms with E-state index in [-0.39, 0.29) is 11.6 Å². The standard InChI is InChI=1S/C19H21N5O3/c1-4-11(2)15(19(26)27)21-18(25)16-12(3)24(23-22-16)14-9-5-7-13-8-6-10-20-17(13)14/h5-11,15H,4H2,1-3H3,(H,21,25)(H,26,27)/t11-,15-/m0/s1. The molecule has 0 spiro atoms. The second kappa shape index (κ2) is 7.53. The van der Waals surface area contributed by atoms with Gasteiger partial charge in [-0.25, -0.2) is 9.48 Å². The minimum atomic E-state index is -1.07. The Bertz CT molecular complexity index is 993. The number of carboxylic acid groups (broad SMARTS) is 1. The largest absolute Gasteiger partial charge is 0.480 e. The molecule has 2 aromatic heterocycles. The van der Waals surface area contributed by atoms with Gasteiger partial charge in [0.25, 0.3) is 5.91 Å². The molecular weight excluding hydrogens is 346 g/mol. The molecule has 3 rings (SSSR count). The summed E-state index contributed by atoms with van der Waals surface area (Å²) in [5.41, 5.74) is 2.05. The molecule has 0 aliphatic heterocycles. The first-order chi connectivity index (χ1) is 12.9. The molecule has 140 valence electrons. The number of carboxylic acids is 1. The summed E-state index contributed by atoms with van der Waals surface area (Å²) in [5.74, 6) is -1.83. The Morgan fingerprint density at radius 1 is 1.26 bits per heavy atom. The van der Waals surface area contributed by atoms with Crippen molar-refractivity contribution in [3.05, 3.63) is 47.9 Å². The highest BCUT2D eigenvalue weighted by Gasteiger charge is 2.28. The molecule has 0 saturated carbocycles. The lowest BCUT2D eigenvalue weighted by Crippen LogP contribution is -2.45. The molecule has 8 heteroatoms. The third-order valence-corrected chi connectivity index (χ3v) is 4.71. The summed E-state index contributed by atoms with van der Waals surface area (Å²) in [6.45, 7) is 5.38. The number of aliphatic carboxylic acids is 1. The van der Waals surface area contributed by atoms with Crippen molar-refractivity contribution in [1.29, 1.82) is 0 Å². The quantitative estimate of drug-likeness (QED) is 0.692. The maximum atomic E-state index is 12.6. The number of carbonyl (C=O) groups is 2. The van der Waals surface area contributed by atoms with Crippen LogP contribution in [0.25, 0.3) is 16.6 Å². The van der Waals surface area contributed by atoms with Gasteiger partial charge >= 0.3 is 5.97 Å². The van der Waals surface area contributed by atoms with Crippen molar-refractivity contribution >= 4 is 22.8 Å². The van der Waals surface area contributed by atoms with E-state index in [4.69, 9.17) is 0 Å². The van der Waals surface area contributed by atoms with Gasteiger partial charge in [-0.15, -0.1) is 5.10 Å². The molecule has 0 bridgehead atoms. The zero-order chi connectivity index (χ0) is 19.6. The SMILES string of the molecule is CC[C@H](C)[C@H](NC(=O)c1nnn(-c2cccc3cccnc23)c1C)C(=O)O. The lowest BCUT2D eigenvalue weighted by Gasteiger charge is -2.19. The molecule has 1 aromatic carbocycles. The van der Waals surface area contributed by atoms with Gasteiger partial charge in [0.1, 0.15) is 6.04 Å². The summed E-state index contributed by atoms with van der Waals surface area (Å²) in [6, 6.07) is 8.47. The van der Waals surface area contributed by atoms with E-state index in [9.17, 15) is 14.7 Å². The van der Waals surface area contributed by atoms with Gasteiger partial charge in [-0.2, -0.15) is 0 Å². The number of fused-ring (bicyclic) bond motifs is 1. The number of carbonyl (C=O) groups excluding carboxylic acids is 1. The molecule has 8 nitrogen and oxygen atoms in total. The number of hydrogen-bond donors (Lipinski definition) is 2. The maximum Gasteiger partial charge on any atom is 0.326 e. The van der Waals surface area contributed by atoms with Gasteiger partial charge in [0.2, 0.25) is 0 Å². The van der Waals surface area contributed by atoms with Crippen molar-refractivity contribution in [2.75, 3.05) is 0 Å². The number of nitrogens with zero attached hydrogens (tertiary/aromatic N) is 4. The van der Waals surface area contributed by atoms with Crippen molar-refractivity contribution < 1.29 is 14.7 Å². The van der Waals surface area contributed by atoms with E-state index >= 15 is 0 Å². The van der Waals surface area contributed by atoms with Gasteiger partial charge in [-0.3, -0.25) is 9.78 Å². The van der Waals surface area contributed by atoms with Crippen LogP contribution in [0.3, 0.4) is 0 Å². The van der Waals surface area contributed by atoms with Gasteiger partial charge in [0, 0.05) is 11.6 Å². The summed E-state index contributed by atoms with van der Waals surface area (Å²) >= 11 is 0. The predicted molar refractivity (Wildman–Crippen MR) is 99.7 cm³/mol. The van der Waals surface area contributed by atoms with E-state index in [1.165, 1.54) is 0 Å². The number of para-hydroxylation sites is 1. The topological polar surface area (TPSA) is 110 Å². The fraction of sp³-hybridized carbons (Fsp3) is 0.316. The Morgan fingerprint density at radius 3 is 2.70 bits per heavy atom. The second-order valence-corrected chi connectivity index (χ2v) is 6.46. The maximum absolute atomic E-state index is 12.6. The monoisotopic (exact) mass is 367 g/mol. The van der Waals surface area contributed by atoms with Crippen LogP contribution >= 0.6 is 0 Å². The number of amides is 1. The highest BCUT2D eigenvalue weighted by Crippen LogP contribution is 2.21. The van der Waals surface area contributed by atoms with Gasteiger partial charge in [-0.05, 0) is 25.0 Å². The summed E-state index contributed by atoms with van der Waals surface area (Å²) in [6.07, 6.45) is 2.32. The van der Waals surface area contributed by atoms with Crippen molar-refractivity contribution in [2.45, 2.75) is 33.2 Å². The van der Waals surface area contributed by atoms with Crippen molar-refractivity contribution in [3.8, 4) is 5.69 Å². The van der Waals surface area contributed by atoms with Crippen LogP contribution in [0.2, 0.25) is 0 Å². The molecule has 2 atom stereocenters. The van der Waals surface area contributed by atoms with Crippen LogP contribution in [0.5, 0.6) is 0 Å². The third-order valence-electron chi connectivity index (χ3n) is 4.71. The Labute approximate surface area is 156 Å². The van der Waals surface area contributed by atoms with Crippen molar-refractivity contribution in [2.24, 2.45) is 5.92 Å². The molecule has 0 saturated heterocycles. The number of pyridine rings is 1. The molecule has 1 amide bonds. The van der Waals surface area contributed by atoms with E-state index in [1.54, 1.807) is 24.7 Å².